The van der Waals surface area contributed by atoms with Crippen LogP contribution in [0.1, 0.15) is 16.8 Å². The Morgan fingerprint density at radius 2 is 1.89 bits per heavy atom. The molecule has 0 saturated heterocycles. The number of fused-ring (bicyclic) bond motifs is 2. The van der Waals surface area contributed by atoms with E-state index in [0.29, 0.717) is 0 Å². The molecule has 2 aromatic carbocycles. The Morgan fingerprint density at radius 3 is 2.79 bits per heavy atom. The summed E-state index contributed by atoms with van der Waals surface area (Å²) in [6.45, 7) is 0. The number of allylic oxidation sites excluding steroid dienone is 1. The molecule has 1 nitrogen and oxygen atoms in total. The highest BCUT2D eigenvalue weighted by atomic mass is 79.9. The first-order valence-corrected chi connectivity index (χ1v) is 7.16. The summed E-state index contributed by atoms with van der Waals surface area (Å²) in [5.74, 6) is 0. The molecule has 3 aromatic rings. The van der Waals surface area contributed by atoms with Crippen LogP contribution in [0.4, 0.5) is 0 Å². The van der Waals surface area contributed by atoms with Crippen LogP contribution in [-0.4, -0.2) is 4.98 Å². The molecule has 0 saturated carbocycles. The van der Waals surface area contributed by atoms with Crippen molar-refractivity contribution < 1.29 is 0 Å². The first-order valence-electron chi connectivity index (χ1n) is 6.37. The second kappa shape index (κ2) is 4.10. The van der Waals surface area contributed by atoms with Crippen LogP contribution in [0.25, 0.3) is 22.6 Å². The summed E-state index contributed by atoms with van der Waals surface area (Å²) in [5.41, 5.74) is 6.52. The first kappa shape index (κ1) is 11.1. The Kier molecular flexibility index (Phi) is 2.39. The van der Waals surface area contributed by atoms with Crippen LogP contribution in [0.5, 0.6) is 0 Å². The maximum Gasteiger partial charge on any atom is 0.0458 e. The van der Waals surface area contributed by atoms with Gasteiger partial charge in [0.25, 0.3) is 0 Å². The molecule has 0 fully saturated rings. The predicted molar refractivity (Wildman–Crippen MR) is 84.0 cm³/mol. The second-order valence-electron chi connectivity index (χ2n) is 4.96. The Balaban J connectivity index is 1.80. The van der Waals surface area contributed by atoms with Gasteiger partial charge in [-0.3, -0.25) is 0 Å². The van der Waals surface area contributed by atoms with Gasteiger partial charge in [-0.25, -0.2) is 0 Å². The molecule has 0 spiro atoms. The van der Waals surface area contributed by atoms with Gasteiger partial charge in [0.2, 0.25) is 0 Å². The zero-order chi connectivity index (χ0) is 12.8. The van der Waals surface area contributed by atoms with Crippen molar-refractivity contribution in [1.29, 1.82) is 0 Å². The quantitative estimate of drug-likeness (QED) is 0.649. The standard InChI is InChI=1S/C17H12BrN/c18-15-6-5-11-7-14(8-13(11)9-15)17-10-12-3-1-2-4-16(12)19-17/h1-6,8-10,19H,7H2. The molecule has 0 radical (unpaired) electrons. The molecule has 2 heteroatoms. The van der Waals surface area contributed by atoms with Gasteiger partial charge in [-0.15, -0.1) is 0 Å². The van der Waals surface area contributed by atoms with Crippen molar-refractivity contribution in [3.05, 3.63) is 69.8 Å². The van der Waals surface area contributed by atoms with Crippen LogP contribution in [0, 0.1) is 0 Å². The molecular weight excluding hydrogens is 298 g/mol. The maximum atomic E-state index is 3.53. The lowest BCUT2D eigenvalue weighted by molar-refractivity contribution is 1.28. The number of aromatic nitrogens is 1. The molecule has 0 aliphatic heterocycles. The largest absolute Gasteiger partial charge is 0.355 e. The third-order valence-electron chi connectivity index (χ3n) is 3.69. The summed E-state index contributed by atoms with van der Waals surface area (Å²) < 4.78 is 1.14. The van der Waals surface area contributed by atoms with Crippen LogP contribution in [0.15, 0.2) is 53.0 Å². The van der Waals surface area contributed by atoms with Gasteiger partial charge < -0.3 is 4.98 Å². The SMILES string of the molecule is Brc1ccc2c(c1)C=C(c1cc3ccccc3[nH]1)C2. The molecule has 4 rings (SSSR count). The molecular formula is C17H12BrN. The average molecular weight is 310 g/mol. The molecule has 0 unspecified atom stereocenters. The van der Waals surface area contributed by atoms with Crippen molar-refractivity contribution in [1.82, 2.24) is 4.98 Å². The smallest absolute Gasteiger partial charge is 0.0458 e. The van der Waals surface area contributed by atoms with Gasteiger partial charge in [0.1, 0.15) is 0 Å². The molecule has 19 heavy (non-hydrogen) atoms. The third-order valence-corrected chi connectivity index (χ3v) is 4.19. The molecule has 1 aliphatic rings. The zero-order valence-corrected chi connectivity index (χ0v) is 11.9. The Morgan fingerprint density at radius 1 is 1.00 bits per heavy atom. The molecule has 1 aromatic heterocycles. The van der Waals surface area contributed by atoms with Gasteiger partial charge >= 0.3 is 0 Å². The van der Waals surface area contributed by atoms with Crippen LogP contribution >= 0.6 is 15.9 Å². The van der Waals surface area contributed by atoms with E-state index in [0.717, 1.165) is 10.9 Å². The van der Waals surface area contributed by atoms with Crippen LogP contribution in [-0.2, 0) is 6.42 Å². The van der Waals surface area contributed by atoms with Gasteiger partial charge in [-0.05, 0) is 52.4 Å². The normalized spacial score (nSPS) is 13.6. The number of para-hydroxylation sites is 1. The second-order valence-corrected chi connectivity index (χ2v) is 5.88. The van der Waals surface area contributed by atoms with Crippen LogP contribution < -0.4 is 0 Å². The lowest BCUT2D eigenvalue weighted by Gasteiger charge is -1.99. The van der Waals surface area contributed by atoms with E-state index in [1.54, 1.807) is 0 Å². The fourth-order valence-corrected chi connectivity index (χ4v) is 3.10. The van der Waals surface area contributed by atoms with Crippen LogP contribution in [0.2, 0.25) is 0 Å². The van der Waals surface area contributed by atoms with Crippen molar-refractivity contribution in [2.75, 3.05) is 0 Å². The van der Waals surface area contributed by atoms with E-state index >= 15 is 0 Å². The molecule has 1 aliphatic carbocycles. The monoisotopic (exact) mass is 309 g/mol. The lowest BCUT2D eigenvalue weighted by atomic mass is 10.1. The lowest BCUT2D eigenvalue weighted by Crippen LogP contribution is -1.85. The summed E-state index contributed by atoms with van der Waals surface area (Å²) >= 11 is 3.53. The van der Waals surface area contributed by atoms with Gasteiger partial charge in [0.05, 0.1) is 0 Å². The van der Waals surface area contributed by atoms with Crippen LogP contribution in [0.3, 0.4) is 0 Å². The number of hydrogen-bond donors (Lipinski definition) is 1. The average Bonchev–Trinajstić information content (AvgIpc) is 3.00. The highest BCUT2D eigenvalue weighted by Gasteiger charge is 2.15. The van der Waals surface area contributed by atoms with Gasteiger partial charge in [-0.1, -0.05) is 40.2 Å². The number of aromatic amines is 1. The first-order chi connectivity index (χ1) is 9.29. The van der Waals surface area contributed by atoms with E-state index in [4.69, 9.17) is 0 Å². The van der Waals surface area contributed by atoms with Crippen molar-refractivity contribution in [3.63, 3.8) is 0 Å². The van der Waals surface area contributed by atoms with Gasteiger partial charge in [0, 0.05) is 22.1 Å². The minimum Gasteiger partial charge on any atom is -0.355 e. The summed E-state index contributed by atoms with van der Waals surface area (Å²) in [6.07, 6.45) is 3.29. The molecule has 1 N–H and O–H groups in total. The summed E-state index contributed by atoms with van der Waals surface area (Å²) in [6, 6.07) is 17.2. The summed E-state index contributed by atoms with van der Waals surface area (Å²) in [5, 5.41) is 1.27. The van der Waals surface area contributed by atoms with Crippen molar-refractivity contribution in [3.8, 4) is 0 Å². The fraction of sp³-hybridized carbons (Fsp3) is 0.0588. The summed E-state index contributed by atoms with van der Waals surface area (Å²) in [4.78, 5) is 3.51. The molecule has 92 valence electrons. The predicted octanol–water partition coefficient (Wildman–Crippen LogP) is 5.03. The maximum absolute atomic E-state index is 3.53. The third kappa shape index (κ3) is 1.83. The molecule has 0 amide bonds. The van der Waals surface area contributed by atoms with E-state index in [1.165, 1.54) is 33.3 Å². The summed E-state index contributed by atoms with van der Waals surface area (Å²) in [7, 11) is 0. The number of hydrogen-bond acceptors (Lipinski definition) is 0. The Hall–Kier alpha value is -1.80. The molecule has 0 atom stereocenters. The van der Waals surface area contributed by atoms with Crippen molar-refractivity contribution >= 4 is 38.5 Å². The van der Waals surface area contributed by atoms with E-state index in [1.807, 2.05) is 0 Å². The minimum atomic E-state index is 1.01. The van der Waals surface area contributed by atoms with Crippen molar-refractivity contribution in [2.45, 2.75) is 6.42 Å². The van der Waals surface area contributed by atoms with E-state index < -0.39 is 0 Å². The number of H-pyrrole nitrogens is 1. The highest BCUT2D eigenvalue weighted by molar-refractivity contribution is 9.10. The van der Waals surface area contributed by atoms with Gasteiger partial charge in [-0.2, -0.15) is 0 Å². The van der Waals surface area contributed by atoms with Gasteiger partial charge in [0.15, 0.2) is 0 Å². The number of rotatable bonds is 1. The highest BCUT2D eigenvalue weighted by Crippen LogP contribution is 2.33. The van der Waals surface area contributed by atoms with E-state index in [-0.39, 0.29) is 0 Å². The Labute approximate surface area is 120 Å². The number of halogens is 1. The zero-order valence-electron chi connectivity index (χ0n) is 10.3. The number of benzene rings is 2. The fourth-order valence-electron chi connectivity index (χ4n) is 2.72. The molecule has 0 bridgehead atoms. The van der Waals surface area contributed by atoms with E-state index in [2.05, 4.69) is 75.5 Å². The van der Waals surface area contributed by atoms with E-state index in [9.17, 15) is 0 Å². The molecule has 1 heterocycles. The minimum absolute atomic E-state index is 1.01. The topological polar surface area (TPSA) is 15.8 Å². The Bertz CT molecular complexity index is 778. The number of nitrogens with one attached hydrogen (secondary N) is 1. The van der Waals surface area contributed by atoms with Crippen molar-refractivity contribution in [2.24, 2.45) is 0 Å².